The average Bonchev–Trinajstić information content (AvgIpc) is 2.29. The molecule has 0 bridgehead atoms. The van der Waals surface area contributed by atoms with Crippen LogP contribution in [0, 0.1) is 5.92 Å². The first kappa shape index (κ1) is 16.8. The topological polar surface area (TPSA) is 19.4 Å². The number of hydrogen-bond donors (Lipinski definition) is 0. The molecule has 0 aliphatic heterocycles. The molecule has 0 spiro atoms. The molecule has 0 atom stereocenters. The molecule has 0 aliphatic carbocycles. The maximum absolute atomic E-state index is 6.23. The molecule has 0 saturated carbocycles. The summed E-state index contributed by atoms with van der Waals surface area (Å²) >= 11 is 18.1. The Bertz CT molecular complexity index is 422. The molecule has 0 aromatic carbocycles. The number of anilines is 1. The molecular formula is C13H20Cl3N3. The highest BCUT2D eigenvalue weighted by atomic mass is 35.5. The van der Waals surface area contributed by atoms with Crippen LogP contribution in [-0.4, -0.2) is 43.6 Å². The maximum atomic E-state index is 6.23. The van der Waals surface area contributed by atoms with Crippen molar-refractivity contribution in [2.24, 2.45) is 5.92 Å². The van der Waals surface area contributed by atoms with Crippen LogP contribution in [0.1, 0.15) is 13.8 Å². The van der Waals surface area contributed by atoms with Crippen molar-refractivity contribution in [2.45, 2.75) is 13.8 Å². The van der Waals surface area contributed by atoms with Gasteiger partial charge >= 0.3 is 0 Å². The Balaban J connectivity index is 2.99. The van der Waals surface area contributed by atoms with Crippen molar-refractivity contribution in [1.29, 1.82) is 0 Å². The van der Waals surface area contributed by atoms with E-state index in [2.05, 4.69) is 28.6 Å². The van der Waals surface area contributed by atoms with Gasteiger partial charge in [-0.15, -0.1) is 0 Å². The fourth-order valence-electron chi connectivity index (χ4n) is 1.70. The second-order valence-corrected chi connectivity index (χ2v) is 6.38. The van der Waals surface area contributed by atoms with Gasteiger partial charge < -0.3 is 9.80 Å². The molecular weight excluding hydrogens is 305 g/mol. The summed E-state index contributed by atoms with van der Waals surface area (Å²) in [5.41, 5.74) is 0. The molecule has 0 aliphatic rings. The van der Waals surface area contributed by atoms with Crippen molar-refractivity contribution in [3.63, 3.8) is 0 Å². The van der Waals surface area contributed by atoms with Crippen LogP contribution in [0.2, 0.25) is 15.2 Å². The molecule has 0 saturated heterocycles. The molecule has 0 unspecified atom stereocenters. The summed E-state index contributed by atoms with van der Waals surface area (Å²) < 4.78 is 0. The van der Waals surface area contributed by atoms with Crippen LogP contribution in [0.3, 0.4) is 0 Å². The Hall–Kier alpha value is -0.220. The number of rotatable bonds is 6. The van der Waals surface area contributed by atoms with E-state index in [1.807, 2.05) is 14.1 Å². The largest absolute Gasteiger partial charge is 0.354 e. The highest BCUT2D eigenvalue weighted by Crippen LogP contribution is 2.31. The van der Waals surface area contributed by atoms with Crippen LogP contribution in [0.5, 0.6) is 0 Å². The number of pyridine rings is 1. The third kappa shape index (κ3) is 5.35. The highest BCUT2D eigenvalue weighted by Gasteiger charge is 2.16. The standard InChI is InChI=1S/C13H20Cl3N3/c1-9(2)8-19(6-5-18(3)4)13-11(15)7-10(14)12(16)17-13/h7,9H,5-6,8H2,1-4H3. The third-order valence-corrected chi connectivity index (χ3v) is 3.52. The van der Waals surface area contributed by atoms with Gasteiger partial charge in [-0.05, 0) is 26.1 Å². The quantitative estimate of drug-likeness (QED) is 0.735. The Labute approximate surface area is 130 Å². The van der Waals surface area contributed by atoms with E-state index in [1.54, 1.807) is 6.07 Å². The van der Waals surface area contributed by atoms with Crippen molar-refractivity contribution in [3.05, 3.63) is 21.3 Å². The average molecular weight is 325 g/mol. The lowest BCUT2D eigenvalue weighted by Crippen LogP contribution is -2.35. The predicted octanol–water partition coefficient (Wildman–Crippen LogP) is 4.07. The molecule has 0 N–H and O–H groups in total. The first-order valence-electron chi connectivity index (χ1n) is 6.22. The summed E-state index contributed by atoms with van der Waals surface area (Å²) in [6.45, 7) is 6.96. The monoisotopic (exact) mass is 323 g/mol. The van der Waals surface area contributed by atoms with E-state index in [9.17, 15) is 0 Å². The van der Waals surface area contributed by atoms with Crippen molar-refractivity contribution < 1.29 is 0 Å². The van der Waals surface area contributed by atoms with Gasteiger partial charge in [0.15, 0.2) is 0 Å². The Kier molecular flexibility index (Phi) is 6.67. The minimum Gasteiger partial charge on any atom is -0.354 e. The van der Waals surface area contributed by atoms with Crippen LogP contribution < -0.4 is 4.90 Å². The highest BCUT2D eigenvalue weighted by molar-refractivity contribution is 6.42. The first-order chi connectivity index (χ1) is 8.81. The van der Waals surface area contributed by atoms with Crippen LogP contribution in [0.4, 0.5) is 5.82 Å². The number of hydrogen-bond acceptors (Lipinski definition) is 3. The van der Waals surface area contributed by atoms with Gasteiger partial charge in [0.2, 0.25) is 0 Å². The molecule has 0 amide bonds. The summed E-state index contributed by atoms with van der Waals surface area (Å²) in [6, 6.07) is 1.65. The van der Waals surface area contributed by atoms with Crippen molar-refractivity contribution in [1.82, 2.24) is 9.88 Å². The Morgan fingerprint density at radius 1 is 1.11 bits per heavy atom. The van der Waals surface area contributed by atoms with Crippen LogP contribution >= 0.6 is 34.8 Å². The minimum atomic E-state index is 0.291. The van der Waals surface area contributed by atoms with Gasteiger partial charge in [-0.3, -0.25) is 0 Å². The summed E-state index contributed by atoms with van der Waals surface area (Å²) in [4.78, 5) is 8.58. The molecule has 1 rings (SSSR count). The lowest BCUT2D eigenvalue weighted by Gasteiger charge is -2.28. The Morgan fingerprint density at radius 3 is 2.26 bits per heavy atom. The Morgan fingerprint density at radius 2 is 1.74 bits per heavy atom. The fraction of sp³-hybridized carbons (Fsp3) is 0.615. The first-order valence-corrected chi connectivity index (χ1v) is 7.36. The lowest BCUT2D eigenvalue weighted by atomic mass is 10.2. The van der Waals surface area contributed by atoms with E-state index < -0.39 is 0 Å². The molecule has 1 heterocycles. The van der Waals surface area contributed by atoms with Gasteiger partial charge in [-0.1, -0.05) is 48.7 Å². The fourth-order valence-corrected chi connectivity index (χ4v) is 2.31. The van der Waals surface area contributed by atoms with E-state index in [-0.39, 0.29) is 0 Å². The zero-order valence-corrected chi connectivity index (χ0v) is 14.0. The van der Waals surface area contributed by atoms with E-state index in [0.717, 1.165) is 19.6 Å². The van der Waals surface area contributed by atoms with Gasteiger partial charge in [0.25, 0.3) is 0 Å². The predicted molar refractivity (Wildman–Crippen MR) is 84.9 cm³/mol. The van der Waals surface area contributed by atoms with Crippen LogP contribution in [0.25, 0.3) is 0 Å². The molecule has 6 heteroatoms. The normalized spacial score (nSPS) is 11.4. The van der Waals surface area contributed by atoms with E-state index in [0.29, 0.717) is 26.9 Å². The van der Waals surface area contributed by atoms with E-state index in [1.165, 1.54) is 0 Å². The van der Waals surface area contributed by atoms with Crippen molar-refractivity contribution >= 4 is 40.6 Å². The molecule has 0 fully saturated rings. The van der Waals surface area contributed by atoms with Crippen molar-refractivity contribution in [2.75, 3.05) is 38.6 Å². The summed E-state index contributed by atoms with van der Waals surface area (Å²) in [5.74, 6) is 1.21. The summed E-state index contributed by atoms with van der Waals surface area (Å²) in [6.07, 6.45) is 0. The van der Waals surface area contributed by atoms with Crippen LogP contribution in [-0.2, 0) is 0 Å². The zero-order chi connectivity index (χ0) is 14.6. The summed E-state index contributed by atoms with van der Waals surface area (Å²) in [5, 5.41) is 1.21. The molecule has 3 nitrogen and oxygen atoms in total. The molecule has 19 heavy (non-hydrogen) atoms. The molecule has 1 aromatic heterocycles. The maximum Gasteiger partial charge on any atom is 0.150 e. The molecule has 0 radical (unpaired) electrons. The minimum absolute atomic E-state index is 0.291. The second kappa shape index (κ2) is 7.53. The molecule has 1 aromatic rings. The van der Waals surface area contributed by atoms with Gasteiger partial charge in [0, 0.05) is 19.6 Å². The lowest BCUT2D eigenvalue weighted by molar-refractivity contribution is 0.408. The van der Waals surface area contributed by atoms with Gasteiger partial charge in [-0.2, -0.15) is 0 Å². The van der Waals surface area contributed by atoms with Gasteiger partial charge in [0.05, 0.1) is 10.0 Å². The van der Waals surface area contributed by atoms with Crippen LogP contribution in [0.15, 0.2) is 6.07 Å². The SMILES string of the molecule is CC(C)CN(CCN(C)C)c1nc(Cl)c(Cl)cc1Cl. The van der Waals surface area contributed by atoms with E-state index >= 15 is 0 Å². The molecule has 108 valence electrons. The van der Waals surface area contributed by atoms with Crippen molar-refractivity contribution in [3.8, 4) is 0 Å². The smallest absolute Gasteiger partial charge is 0.150 e. The number of nitrogens with zero attached hydrogens (tertiary/aromatic N) is 3. The number of likely N-dealkylation sites (N-methyl/N-ethyl adjacent to an activating group) is 1. The number of halogens is 3. The number of aromatic nitrogens is 1. The van der Waals surface area contributed by atoms with Gasteiger partial charge in [0.1, 0.15) is 11.0 Å². The summed E-state index contributed by atoms with van der Waals surface area (Å²) in [7, 11) is 4.08. The second-order valence-electron chi connectivity index (χ2n) is 5.21. The van der Waals surface area contributed by atoms with E-state index in [4.69, 9.17) is 34.8 Å². The third-order valence-electron chi connectivity index (χ3n) is 2.57. The zero-order valence-electron chi connectivity index (χ0n) is 11.8. The van der Waals surface area contributed by atoms with Gasteiger partial charge in [-0.25, -0.2) is 4.98 Å².